The summed E-state index contributed by atoms with van der Waals surface area (Å²) in [6, 6.07) is 2.11. The quantitative estimate of drug-likeness (QED) is 0.726. The molecule has 0 spiro atoms. The average Bonchev–Trinajstić information content (AvgIpc) is 2.33. The molecule has 0 atom stereocenters. The molecule has 0 aliphatic carbocycles. The average molecular weight is 286 g/mol. The molecule has 0 aliphatic rings. The van der Waals surface area contributed by atoms with E-state index in [-0.39, 0.29) is 11.2 Å². The molecule has 0 fully saturated rings. The first-order chi connectivity index (χ1) is 9.02. The zero-order chi connectivity index (χ0) is 14.3. The Balaban J connectivity index is 2.62. The van der Waals surface area contributed by atoms with Crippen LogP contribution in [0.15, 0.2) is 21.9 Å². The fourth-order valence-corrected chi connectivity index (χ4v) is 4.41. The maximum absolute atomic E-state index is 11.5. The summed E-state index contributed by atoms with van der Waals surface area (Å²) in [4.78, 5) is 25.5. The van der Waals surface area contributed by atoms with E-state index in [2.05, 4.69) is 4.98 Å². The Kier molecular flexibility index (Phi) is 6.20. The van der Waals surface area contributed by atoms with E-state index in [9.17, 15) is 9.59 Å². The molecule has 108 valence electrons. The molecule has 1 heterocycles. The summed E-state index contributed by atoms with van der Waals surface area (Å²) in [6.07, 6.45) is 2.05. The van der Waals surface area contributed by atoms with Crippen LogP contribution in [0.5, 0.6) is 0 Å². The molecule has 0 amide bonds. The molecule has 19 heavy (non-hydrogen) atoms. The van der Waals surface area contributed by atoms with Crippen LogP contribution in [0, 0.1) is 0 Å². The molecule has 0 unspecified atom stereocenters. The van der Waals surface area contributed by atoms with Gasteiger partial charge in [0.25, 0.3) is 5.56 Å². The van der Waals surface area contributed by atoms with Crippen molar-refractivity contribution in [3.05, 3.63) is 33.1 Å². The van der Waals surface area contributed by atoms with Crippen LogP contribution in [-0.2, 0) is 15.4 Å². The summed E-state index contributed by atoms with van der Waals surface area (Å²) in [5, 5.41) is 0. The molecule has 0 saturated carbocycles. The Labute approximate surface area is 113 Å². The van der Waals surface area contributed by atoms with Crippen molar-refractivity contribution in [2.45, 2.75) is 39.4 Å². The number of aromatic nitrogens is 2. The molecule has 1 aromatic heterocycles. The molecular weight excluding hydrogens is 264 g/mol. The van der Waals surface area contributed by atoms with Gasteiger partial charge in [-0.1, -0.05) is 0 Å². The molecule has 0 aromatic carbocycles. The van der Waals surface area contributed by atoms with Gasteiger partial charge in [0, 0.05) is 32.0 Å². The number of hydrogen-bond acceptors (Lipinski definition) is 4. The summed E-state index contributed by atoms with van der Waals surface area (Å²) >= 11 is 0. The van der Waals surface area contributed by atoms with Crippen LogP contribution in [0.25, 0.3) is 0 Å². The second-order valence-electron chi connectivity index (χ2n) is 4.38. The summed E-state index contributed by atoms with van der Waals surface area (Å²) in [5.74, 6) is 0. The van der Waals surface area contributed by atoms with Crippen LogP contribution in [0.2, 0.25) is 12.6 Å². The monoisotopic (exact) mass is 286 g/mol. The third kappa shape index (κ3) is 4.77. The Morgan fingerprint density at radius 1 is 1.26 bits per heavy atom. The van der Waals surface area contributed by atoms with Gasteiger partial charge in [0.1, 0.15) is 0 Å². The molecule has 0 radical (unpaired) electrons. The van der Waals surface area contributed by atoms with Crippen molar-refractivity contribution >= 4 is 8.56 Å². The Bertz CT molecular complexity index is 463. The minimum absolute atomic E-state index is 0.278. The molecule has 0 aliphatic heterocycles. The predicted octanol–water partition coefficient (Wildman–Crippen LogP) is 1.07. The largest absolute Gasteiger partial charge is 0.395 e. The zero-order valence-electron chi connectivity index (χ0n) is 11.8. The number of hydrogen-bond donors (Lipinski definition) is 1. The lowest BCUT2D eigenvalue weighted by atomic mass is 10.4. The van der Waals surface area contributed by atoms with Gasteiger partial charge in [0.15, 0.2) is 0 Å². The summed E-state index contributed by atoms with van der Waals surface area (Å²) in [6.45, 7) is 7.52. The van der Waals surface area contributed by atoms with E-state index < -0.39 is 8.56 Å². The minimum atomic E-state index is -2.17. The van der Waals surface area contributed by atoms with E-state index >= 15 is 0 Å². The first-order valence-corrected chi connectivity index (χ1v) is 9.11. The van der Waals surface area contributed by atoms with Crippen molar-refractivity contribution in [1.82, 2.24) is 9.55 Å². The minimum Gasteiger partial charge on any atom is -0.395 e. The van der Waals surface area contributed by atoms with Gasteiger partial charge >= 0.3 is 14.3 Å². The number of H-pyrrole nitrogens is 1. The van der Waals surface area contributed by atoms with E-state index in [4.69, 9.17) is 8.85 Å². The fraction of sp³-hybridized carbons (Fsp3) is 0.667. The van der Waals surface area contributed by atoms with Crippen LogP contribution in [-0.4, -0.2) is 31.3 Å². The van der Waals surface area contributed by atoms with Gasteiger partial charge in [-0.25, -0.2) is 4.79 Å². The second-order valence-corrected chi connectivity index (χ2v) is 7.72. The summed E-state index contributed by atoms with van der Waals surface area (Å²) in [5.41, 5.74) is -0.649. The Morgan fingerprint density at radius 2 is 1.89 bits per heavy atom. The van der Waals surface area contributed by atoms with Gasteiger partial charge in [-0.2, -0.15) is 0 Å². The number of rotatable bonds is 8. The van der Waals surface area contributed by atoms with Crippen molar-refractivity contribution in [2.75, 3.05) is 13.2 Å². The number of nitrogens with one attached hydrogen (secondary N) is 1. The highest BCUT2D eigenvalue weighted by atomic mass is 28.4. The SMILES string of the molecule is CCO[Si](C)(CCCn1c(=O)cc[nH]c1=O)OCC. The fourth-order valence-electron chi connectivity index (χ4n) is 2.02. The van der Waals surface area contributed by atoms with Crippen LogP contribution in [0.3, 0.4) is 0 Å². The van der Waals surface area contributed by atoms with Gasteiger partial charge < -0.3 is 13.8 Å². The van der Waals surface area contributed by atoms with E-state index in [1.165, 1.54) is 16.8 Å². The lowest BCUT2D eigenvalue weighted by molar-refractivity contribution is 0.188. The number of nitrogens with zero attached hydrogens (tertiary/aromatic N) is 1. The second kappa shape index (κ2) is 7.42. The topological polar surface area (TPSA) is 73.3 Å². The van der Waals surface area contributed by atoms with Crippen molar-refractivity contribution in [3.63, 3.8) is 0 Å². The molecule has 1 rings (SSSR count). The first kappa shape index (κ1) is 15.9. The van der Waals surface area contributed by atoms with Crippen LogP contribution < -0.4 is 11.2 Å². The third-order valence-corrected chi connectivity index (χ3v) is 5.92. The molecule has 0 saturated heterocycles. The summed E-state index contributed by atoms with van der Waals surface area (Å²) < 4.78 is 12.6. The van der Waals surface area contributed by atoms with Gasteiger partial charge in [0.05, 0.1) is 0 Å². The van der Waals surface area contributed by atoms with Crippen LogP contribution in [0.1, 0.15) is 20.3 Å². The standard InChI is InChI=1S/C12H22N2O4Si/c1-4-17-19(3,18-5-2)10-6-9-14-11(15)7-8-13-12(14)16/h7-8H,4-6,9-10H2,1-3H3,(H,13,16). The normalized spacial score (nSPS) is 11.7. The molecule has 1 aromatic rings. The highest BCUT2D eigenvalue weighted by Crippen LogP contribution is 2.16. The van der Waals surface area contributed by atoms with Crippen molar-refractivity contribution < 1.29 is 8.85 Å². The van der Waals surface area contributed by atoms with E-state index in [1.807, 2.05) is 20.4 Å². The lowest BCUT2D eigenvalue weighted by Gasteiger charge is -2.25. The van der Waals surface area contributed by atoms with Gasteiger partial charge in [-0.3, -0.25) is 9.36 Å². The highest BCUT2D eigenvalue weighted by Gasteiger charge is 2.29. The van der Waals surface area contributed by atoms with E-state index in [0.29, 0.717) is 26.2 Å². The third-order valence-electron chi connectivity index (χ3n) is 2.86. The van der Waals surface area contributed by atoms with Crippen molar-refractivity contribution in [2.24, 2.45) is 0 Å². The summed E-state index contributed by atoms with van der Waals surface area (Å²) in [7, 11) is -2.17. The maximum Gasteiger partial charge on any atom is 0.334 e. The molecular formula is C12H22N2O4Si. The van der Waals surface area contributed by atoms with Gasteiger partial charge in [-0.05, 0) is 32.9 Å². The smallest absolute Gasteiger partial charge is 0.334 e. The van der Waals surface area contributed by atoms with Crippen LogP contribution >= 0.6 is 0 Å². The molecule has 0 bridgehead atoms. The Hall–Kier alpha value is -1.18. The molecule has 1 N–H and O–H groups in total. The van der Waals surface area contributed by atoms with Crippen molar-refractivity contribution in [1.29, 1.82) is 0 Å². The van der Waals surface area contributed by atoms with Gasteiger partial charge in [0.2, 0.25) is 0 Å². The van der Waals surface area contributed by atoms with E-state index in [1.54, 1.807) is 0 Å². The van der Waals surface area contributed by atoms with Gasteiger partial charge in [-0.15, -0.1) is 0 Å². The maximum atomic E-state index is 11.5. The predicted molar refractivity (Wildman–Crippen MR) is 75.6 cm³/mol. The molecule has 7 heteroatoms. The zero-order valence-corrected chi connectivity index (χ0v) is 12.8. The van der Waals surface area contributed by atoms with Crippen molar-refractivity contribution in [3.8, 4) is 0 Å². The van der Waals surface area contributed by atoms with E-state index in [0.717, 1.165) is 6.04 Å². The number of aromatic amines is 1. The van der Waals surface area contributed by atoms with Crippen LogP contribution in [0.4, 0.5) is 0 Å². The lowest BCUT2D eigenvalue weighted by Crippen LogP contribution is -2.40. The Morgan fingerprint density at radius 3 is 2.42 bits per heavy atom. The molecule has 6 nitrogen and oxygen atoms in total. The first-order valence-electron chi connectivity index (χ1n) is 6.59. The highest BCUT2D eigenvalue weighted by molar-refractivity contribution is 6.66.